The minimum Gasteiger partial charge on any atom is -0.388 e. The molecule has 2 rings (SSSR count). The van der Waals surface area contributed by atoms with Crippen molar-refractivity contribution in [2.75, 3.05) is 19.8 Å². The maximum Gasteiger partial charge on any atom is 0.0804 e. The van der Waals surface area contributed by atoms with Gasteiger partial charge in [0.25, 0.3) is 0 Å². The van der Waals surface area contributed by atoms with E-state index in [1.165, 1.54) is 0 Å². The molecule has 3 heteroatoms. The number of ether oxygens (including phenoxy) is 1. The Bertz CT molecular complexity index is 294. The summed E-state index contributed by atoms with van der Waals surface area (Å²) in [6.45, 7) is 2.45. The molecule has 88 valence electrons. The Morgan fingerprint density at radius 3 is 2.94 bits per heavy atom. The smallest absolute Gasteiger partial charge is 0.0804 e. The first-order valence-electron chi connectivity index (χ1n) is 5.90. The predicted octanol–water partition coefficient (Wildman–Crippen LogP) is 1.49. The second-order valence-corrected chi connectivity index (χ2v) is 4.21. The molecule has 0 aromatic heterocycles. The quantitative estimate of drug-likeness (QED) is 0.812. The Labute approximate surface area is 96.4 Å². The highest BCUT2D eigenvalue weighted by Gasteiger charge is 2.17. The first-order valence-corrected chi connectivity index (χ1v) is 5.90. The fourth-order valence-corrected chi connectivity index (χ4v) is 2.05. The van der Waals surface area contributed by atoms with Crippen LogP contribution in [0.15, 0.2) is 30.3 Å². The van der Waals surface area contributed by atoms with Crippen molar-refractivity contribution < 1.29 is 9.84 Å². The van der Waals surface area contributed by atoms with Crippen molar-refractivity contribution in [2.45, 2.75) is 25.0 Å². The van der Waals surface area contributed by atoms with Gasteiger partial charge in [-0.2, -0.15) is 0 Å². The van der Waals surface area contributed by atoms with Gasteiger partial charge in [-0.05, 0) is 18.4 Å². The molecule has 0 saturated carbocycles. The molecule has 2 N–H and O–H groups in total. The molecule has 1 saturated heterocycles. The van der Waals surface area contributed by atoms with Gasteiger partial charge in [0.15, 0.2) is 0 Å². The SMILES string of the molecule is OC(CC1CCOCCN1)c1ccccc1. The molecular weight excluding hydrogens is 202 g/mol. The van der Waals surface area contributed by atoms with Crippen molar-refractivity contribution in [3.05, 3.63) is 35.9 Å². The minimum atomic E-state index is -0.378. The summed E-state index contributed by atoms with van der Waals surface area (Å²) in [5.41, 5.74) is 0.995. The van der Waals surface area contributed by atoms with Crippen LogP contribution in [-0.2, 0) is 4.74 Å². The molecule has 2 unspecified atom stereocenters. The van der Waals surface area contributed by atoms with Crippen molar-refractivity contribution in [1.82, 2.24) is 5.32 Å². The van der Waals surface area contributed by atoms with E-state index in [-0.39, 0.29) is 6.10 Å². The zero-order chi connectivity index (χ0) is 11.2. The largest absolute Gasteiger partial charge is 0.388 e. The third-order valence-corrected chi connectivity index (χ3v) is 2.98. The standard InChI is InChI=1S/C13H19NO2/c15-13(11-4-2-1-3-5-11)10-12-6-8-16-9-7-14-12/h1-5,12-15H,6-10H2. The van der Waals surface area contributed by atoms with Crippen LogP contribution in [0.3, 0.4) is 0 Å². The van der Waals surface area contributed by atoms with Crippen LogP contribution in [0, 0.1) is 0 Å². The lowest BCUT2D eigenvalue weighted by atomic mass is 10.0. The molecule has 2 atom stereocenters. The van der Waals surface area contributed by atoms with Crippen molar-refractivity contribution in [2.24, 2.45) is 0 Å². The van der Waals surface area contributed by atoms with Crippen molar-refractivity contribution in [3.63, 3.8) is 0 Å². The van der Waals surface area contributed by atoms with E-state index in [2.05, 4.69) is 5.32 Å². The van der Waals surface area contributed by atoms with Gasteiger partial charge in [0.2, 0.25) is 0 Å². The minimum absolute atomic E-state index is 0.359. The summed E-state index contributed by atoms with van der Waals surface area (Å²) in [6.07, 6.45) is 1.36. The molecule has 0 amide bonds. The fraction of sp³-hybridized carbons (Fsp3) is 0.538. The molecule has 0 aliphatic carbocycles. The van der Waals surface area contributed by atoms with Crippen LogP contribution in [0.25, 0.3) is 0 Å². The first kappa shape index (κ1) is 11.6. The fourth-order valence-electron chi connectivity index (χ4n) is 2.05. The summed E-state index contributed by atoms with van der Waals surface area (Å²) in [5, 5.41) is 13.5. The molecule has 1 aromatic carbocycles. The Morgan fingerprint density at radius 2 is 2.12 bits per heavy atom. The normalized spacial score (nSPS) is 23.7. The van der Waals surface area contributed by atoms with E-state index in [9.17, 15) is 5.11 Å². The van der Waals surface area contributed by atoms with Crippen LogP contribution in [0.2, 0.25) is 0 Å². The second kappa shape index (κ2) is 5.99. The molecule has 1 aliphatic rings. The van der Waals surface area contributed by atoms with E-state index in [1.807, 2.05) is 30.3 Å². The summed E-state index contributed by atoms with van der Waals surface area (Å²) >= 11 is 0. The molecule has 1 aromatic rings. The molecule has 0 spiro atoms. The van der Waals surface area contributed by atoms with Crippen molar-refractivity contribution >= 4 is 0 Å². The lowest BCUT2D eigenvalue weighted by Gasteiger charge is -2.19. The highest BCUT2D eigenvalue weighted by atomic mass is 16.5. The van der Waals surface area contributed by atoms with Gasteiger partial charge in [0, 0.05) is 19.2 Å². The molecule has 1 aliphatic heterocycles. The monoisotopic (exact) mass is 221 g/mol. The van der Waals surface area contributed by atoms with Gasteiger partial charge in [0.05, 0.1) is 12.7 Å². The Balaban J connectivity index is 1.88. The van der Waals surface area contributed by atoms with E-state index in [4.69, 9.17) is 4.74 Å². The molecule has 0 radical (unpaired) electrons. The van der Waals surface area contributed by atoms with Crippen LogP contribution < -0.4 is 5.32 Å². The molecule has 1 heterocycles. The predicted molar refractivity (Wildman–Crippen MR) is 63.2 cm³/mol. The summed E-state index contributed by atoms with van der Waals surface area (Å²) in [6, 6.07) is 10.2. The summed E-state index contributed by atoms with van der Waals surface area (Å²) < 4.78 is 5.37. The van der Waals surface area contributed by atoms with Crippen molar-refractivity contribution in [3.8, 4) is 0 Å². The maximum absolute atomic E-state index is 10.1. The highest BCUT2D eigenvalue weighted by Crippen LogP contribution is 2.19. The number of hydrogen-bond acceptors (Lipinski definition) is 3. The maximum atomic E-state index is 10.1. The van der Waals surface area contributed by atoms with Crippen LogP contribution in [-0.4, -0.2) is 30.9 Å². The second-order valence-electron chi connectivity index (χ2n) is 4.21. The topological polar surface area (TPSA) is 41.5 Å². The number of aliphatic hydroxyl groups is 1. The van der Waals surface area contributed by atoms with E-state index < -0.39 is 0 Å². The van der Waals surface area contributed by atoms with E-state index in [1.54, 1.807) is 0 Å². The summed E-state index contributed by atoms with van der Waals surface area (Å²) in [5.74, 6) is 0. The average molecular weight is 221 g/mol. The summed E-state index contributed by atoms with van der Waals surface area (Å²) in [4.78, 5) is 0. The van der Waals surface area contributed by atoms with Gasteiger partial charge in [-0.1, -0.05) is 30.3 Å². The third-order valence-electron chi connectivity index (χ3n) is 2.98. The van der Waals surface area contributed by atoms with E-state index >= 15 is 0 Å². The lowest BCUT2D eigenvalue weighted by molar-refractivity contribution is 0.137. The van der Waals surface area contributed by atoms with E-state index in [0.717, 1.165) is 38.2 Å². The molecule has 3 nitrogen and oxygen atoms in total. The van der Waals surface area contributed by atoms with Gasteiger partial charge >= 0.3 is 0 Å². The van der Waals surface area contributed by atoms with Crippen LogP contribution >= 0.6 is 0 Å². The van der Waals surface area contributed by atoms with Gasteiger partial charge in [0.1, 0.15) is 0 Å². The van der Waals surface area contributed by atoms with Crippen LogP contribution in [0.4, 0.5) is 0 Å². The number of aliphatic hydroxyl groups excluding tert-OH is 1. The first-order chi connectivity index (χ1) is 7.86. The Kier molecular flexibility index (Phi) is 4.34. The van der Waals surface area contributed by atoms with Crippen molar-refractivity contribution in [1.29, 1.82) is 0 Å². The molecule has 1 fully saturated rings. The van der Waals surface area contributed by atoms with E-state index in [0.29, 0.717) is 6.04 Å². The molecule has 16 heavy (non-hydrogen) atoms. The number of hydrogen-bond donors (Lipinski definition) is 2. The van der Waals surface area contributed by atoms with Gasteiger partial charge in [-0.15, -0.1) is 0 Å². The van der Waals surface area contributed by atoms with Crippen LogP contribution in [0.5, 0.6) is 0 Å². The van der Waals surface area contributed by atoms with Gasteiger partial charge in [-0.25, -0.2) is 0 Å². The van der Waals surface area contributed by atoms with Gasteiger partial charge in [-0.3, -0.25) is 0 Å². The van der Waals surface area contributed by atoms with Gasteiger partial charge < -0.3 is 15.2 Å². The molecule has 0 bridgehead atoms. The summed E-state index contributed by atoms with van der Waals surface area (Å²) in [7, 11) is 0. The zero-order valence-corrected chi connectivity index (χ0v) is 9.43. The lowest BCUT2D eigenvalue weighted by Crippen LogP contribution is -2.31. The average Bonchev–Trinajstić information content (AvgIpc) is 2.59. The number of benzene rings is 1. The number of rotatable bonds is 3. The third kappa shape index (κ3) is 3.30. The molecular formula is C13H19NO2. The Hall–Kier alpha value is -0.900. The Morgan fingerprint density at radius 1 is 1.31 bits per heavy atom. The zero-order valence-electron chi connectivity index (χ0n) is 9.43. The number of nitrogens with one attached hydrogen (secondary N) is 1. The van der Waals surface area contributed by atoms with Crippen LogP contribution in [0.1, 0.15) is 24.5 Å². The highest BCUT2D eigenvalue weighted by molar-refractivity contribution is 5.17.